The summed E-state index contributed by atoms with van der Waals surface area (Å²) in [7, 11) is 0. The molecule has 10 aromatic carbocycles. The average Bonchev–Trinajstić information content (AvgIpc) is 4.02. The molecule has 0 spiro atoms. The van der Waals surface area contributed by atoms with E-state index < -0.39 is 0 Å². The first-order chi connectivity index (χ1) is 34.1. The number of para-hydroxylation sites is 3. The van der Waals surface area contributed by atoms with E-state index in [0.717, 1.165) is 78.1 Å². The summed E-state index contributed by atoms with van der Waals surface area (Å²) in [5, 5.41) is 4.74. The maximum absolute atomic E-state index is 6.58. The van der Waals surface area contributed by atoms with Crippen molar-refractivity contribution in [3.05, 3.63) is 241 Å². The minimum absolute atomic E-state index is 0.00654. The summed E-state index contributed by atoms with van der Waals surface area (Å²) in [5.74, 6) is 0. The lowest BCUT2D eigenvalue weighted by molar-refractivity contribution is 0.591. The largest absolute Gasteiger partial charge is 0.455 e. The first-order valence-electron chi connectivity index (χ1n) is 24.5. The number of fused-ring (bicyclic) bond motifs is 9. The van der Waals surface area contributed by atoms with E-state index in [2.05, 4.69) is 262 Å². The Hall–Kier alpha value is -8.40. The molecule has 0 saturated heterocycles. The Labute approximate surface area is 409 Å². The van der Waals surface area contributed by atoms with Gasteiger partial charge in [0.05, 0.1) is 22.4 Å². The van der Waals surface area contributed by atoms with Gasteiger partial charge in [-0.3, -0.25) is 0 Å². The molecule has 0 N–H and O–H groups in total. The van der Waals surface area contributed by atoms with Crippen molar-refractivity contribution in [2.24, 2.45) is 0 Å². The Morgan fingerprint density at radius 2 is 1.06 bits per heavy atom. The lowest BCUT2D eigenvalue weighted by Gasteiger charge is -2.32. The molecule has 3 heteroatoms. The van der Waals surface area contributed by atoms with Crippen LogP contribution in [0.4, 0.5) is 17.1 Å². The van der Waals surface area contributed by atoms with Gasteiger partial charge in [0, 0.05) is 49.5 Å². The van der Waals surface area contributed by atoms with Crippen LogP contribution in [0.3, 0.4) is 0 Å². The minimum atomic E-state index is -0.198. The SMILES string of the molecule is CC(C)(C)c1ccc2c(c1)c1ccccc1n2-c1cc(-c2ccccc2)cc(N(c2ccc(-c3cccc4c3oc3ccccc34)cc2)c2ccc3c(c2)C(C)(C)c2ccccc2-3)c1-c1ccccc1. The number of aromatic nitrogens is 1. The Morgan fingerprint density at radius 3 is 1.84 bits per heavy atom. The number of anilines is 3. The van der Waals surface area contributed by atoms with Crippen LogP contribution in [-0.2, 0) is 10.8 Å². The Morgan fingerprint density at radius 1 is 0.429 bits per heavy atom. The highest BCUT2D eigenvalue weighted by atomic mass is 16.3. The lowest BCUT2D eigenvalue weighted by Crippen LogP contribution is -2.17. The van der Waals surface area contributed by atoms with Gasteiger partial charge < -0.3 is 13.9 Å². The summed E-state index contributed by atoms with van der Waals surface area (Å²) in [5.41, 5.74) is 21.6. The van der Waals surface area contributed by atoms with Gasteiger partial charge in [-0.05, 0) is 116 Å². The van der Waals surface area contributed by atoms with Crippen LogP contribution in [0.5, 0.6) is 0 Å². The van der Waals surface area contributed by atoms with E-state index in [1.807, 2.05) is 6.07 Å². The van der Waals surface area contributed by atoms with E-state index in [-0.39, 0.29) is 10.8 Å². The predicted molar refractivity (Wildman–Crippen MR) is 295 cm³/mol. The van der Waals surface area contributed by atoms with Crippen molar-refractivity contribution in [1.29, 1.82) is 0 Å². The Balaban J connectivity index is 1.12. The molecule has 0 radical (unpaired) electrons. The van der Waals surface area contributed by atoms with Gasteiger partial charge in [-0.25, -0.2) is 0 Å². The third kappa shape index (κ3) is 6.56. The predicted octanol–water partition coefficient (Wildman–Crippen LogP) is 18.8. The van der Waals surface area contributed by atoms with Gasteiger partial charge in [0.1, 0.15) is 11.2 Å². The number of benzene rings is 10. The molecule has 0 fully saturated rings. The molecular weight excluding hydrogens is 849 g/mol. The summed E-state index contributed by atoms with van der Waals surface area (Å²) >= 11 is 0. The maximum Gasteiger partial charge on any atom is 0.143 e. The van der Waals surface area contributed by atoms with E-state index >= 15 is 0 Å². The van der Waals surface area contributed by atoms with E-state index in [1.165, 1.54) is 49.6 Å². The van der Waals surface area contributed by atoms with Gasteiger partial charge in [-0.2, -0.15) is 0 Å². The fourth-order valence-corrected chi connectivity index (χ4v) is 11.4. The first kappa shape index (κ1) is 41.8. The second-order valence-electron chi connectivity index (χ2n) is 20.5. The number of hydrogen-bond donors (Lipinski definition) is 0. The van der Waals surface area contributed by atoms with Crippen molar-refractivity contribution in [3.8, 4) is 50.2 Å². The second-order valence-corrected chi connectivity index (χ2v) is 20.5. The second kappa shape index (κ2) is 15.8. The summed E-state index contributed by atoms with van der Waals surface area (Å²) in [4.78, 5) is 2.51. The van der Waals surface area contributed by atoms with Crippen molar-refractivity contribution in [1.82, 2.24) is 4.57 Å². The summed E-state index contributed by atoms with van der Waals surface area (Å²) in [6.45, 7) is 11.6. The fraction of sp³-hybridized carbons (Fsp3) is 0.104. The zero-order valence-electron chi connectivity index (χ0n) is 40.2. The molecule has 0 bridgehead atoms. The third-order valence-corrected chi connectivity index (χ3v) is 15.0. The van der Waals surface area contributed by atoms with Crippen molar-refractivity contribution in [2.75, 3.05) is 4.90 Å². The van der Waals surface area contributed by atoms with Crippen molar-refractivity contribution in [2.45, 2.75) is 45.4 Å². The molecule has 0 amide bonds. The zero-order valence-corrected chi connectivity index (χ0v) is 40.2. The highest BCUT2D eigenvalue weighted by molar-refractivity contribution is 6.12. The van der Waals surface area contributed by atoms with Crippen molar-refractivity contribution < 1.29 is 4.42 Å². The van der Waals surface area contributed by atoms with Gasteiger partial charge >= 0.3 is 0 Å². The smallest absolute Gasteiger partial charge is 0.143 e. The van der Waals surface area contributed by atoms with E-state index in [9.17, 15) is 0 Å². The van der Waals surface area contributed by atoms with E-state index in [0.29, 0.717) is 0 Å². The summed E-state index contributed by atoms with van der Waals surface area (Å²) in [6, 6.07) is 82.7. The molecule has 0 unspecified atom stereocenters. The molecule has 3 nitrogen and oxygen atoms in total. The highest BCUT2D eigenvalue weighted by Crippen LogP contribution is 2.53. The normalized spacial score (nSPS) is 13.0. The number of hydrogen-bond acceptors (Lipinski definition) is 2. The standard InChI is InChI=1S/C67H52N2O/c1-66(2,3)47-33-38-60-56(41-47)53-24-13-16-29-59(53)69(60)62-40-46(43-19-8-6-9-20-43)39-61(64(62)45-21-10-7-11-22-45)68(49-36-37-52-51-23-12-15-28-57(51)67(4,5)58(52)42-49)48-34-31-44(32-35-48)50-26-18-27-55-54-25-14-17-30-63(54)70-65(50)55/h6-42H,1-5H3. The Kier molecular flexibility index (Phi) is 9.45. The van der Waals surface area contributed by atoms with Gasteiger partial charge in [-0.1, -0.05) is 198 Å². The van der Waals surface area contributed by atoms with E-state index in [4.69, 9.17) is 4.42 Å². The fourth-order valence-electron chi connectivity index (χ4n) is 11.4. The van der Waals surface area contributed by atoms with Crippen LogP contribution in [0.1, 0.15) is 51.3 Å². The number of furan rings is 1. The summed E-state index contributed by atoms with van der Waals surface area (Å²) < 4.78 is 9.10. The molecule has 1 aliphatic rings. The monoisotopic (exact) mass is 900 g/mol. The topological polar surface area (TPSA) is 21.3 Å². The van der Waals surface area contributed by atoms with Crippen LogP contribution >= 0.6 is 0 Å². The Bertz CT molecular complexity index is 4000. The quantitative estimate of drug-likeness (QED) is 0.159. The van der Waals surface area contributed by atoms with Crippen LogP contribution in [0.2, 0.25) is 0 Å². The first-order valence-corrected chi connectivity index (χ1v) is 24.5. The van der Waals surface area contributed by atoms with Gasteiger partial charge in [0.15, 0.2) is 0 Å². The highest BCUT2D eigenvalue weighted by Gasteiger charge is 2.36. The molecule has 70 heavy (non-hydrogen) atoms. The van der Waals surface area contributed by atoms with Crippen molar-refractivity contribution >= 4 is 60.8 Å². The molecule has 0 aliphatic heterocycles. The number of nitrogens with zero attached hydrogens (tertiary/aromatic N) is 2. The molecule has 2 heterocycles. The van der Waals surface area contributed by atoms with Crippen LogP contribution in [0.15, 0.2) is 229 Å². The molecule has 336 valence electrons. The van der Waals surface area contributed by atoms with Gasteiger partial charge in [0.2, 0.25) is 0 Å². The number of rotatable bonds is 7. The van der Waals surface area contributed by atoms with Gasteiger partial charge in [-0.15, -0.1) is 0 Å². The van der Waals surface area contributed by atoms with Crippen LogP contribution < -0.4 is 4.90 Å². The molecule has 0 saturated carbocycles. The minimum Gasteiger partial charge on any atom is -0.455 e. The van der Waals surface area contributed by atoms with Crippen LogP contribution in [0.25, 0.3) is 93.9 Å². The molecule has 12 aromatic rings. The lowest BCUT2D eigenvalue weighted by atomic mass is 9.82. The van der Waals surface area contributed by atoms with Crippen LogP contribution in [-0.4, -0.2) is 4.57 Å². The van der Waals surface area contributed by atoms with E-state index in [1.54, 1.807) is 0 Å². The molecule has 13 rings (SSSR count). The van der Waals surface area contributed by atoms with Crippen molar-refractivity contribution in [3.63, 3.8) is 0 Å². The molecule has 0 atom stereocenters. The average molecular weight is 901 g/mol. The zero-order chi connectivity index (χ0) is 47.3. The molecule has 1 aliphatic carbocycles. The van der Waals surface area contributed by atoms with Crippen LogP contribution in [0, 0.1) is 0 Å². The molecular formula is C67H52N2O. The maximum atomic E-state index is 6.58. The molecule has 2 aromatic heterocycles. The van der Waals surface area contributed by atoms with Gasteiger partial charge in [0.25, 0.3) is 0 Å². The third-order valence-electron chi connectivity index (χ3n) is 15.0. The summed E-state index contributed by atoms with van der Waals surface area (Å²) in [6.07, 6.45) is 0.